The average Bonchev–Trinajstić information content (AvgIpc) is 2.63. The molecule has 0 aromatic heterocycles. The van der Waals surface area contributed by atoms with Gasteiger partial charge in [-0.2, -0.15) is 0 Å². The lowest BCUT2D eigenvalue weighted by molar-refractivity contribution is -0.106. The molecule has 24 heavy (non-hydrogen) atoms. The fourth-order valence-corrected chi connectivity index (χ4v) is 4.86. The van der Waals surface area contributed by atoms with Crippen LogP contribution in [0.1, 0.15) is 49.3 Å². The summed E-state index contributed by atoms with van der Waals surface area (Å²) < 4.78 is 5.28. The lowest BCUT2D eigenvalue weighted by atomic mass is 9.61. The van der Waals surface area contributed by atoms with Crippen molar-refractivity contribution in [2.24, 2.45) is 5.41 Å². The van der Waals surface area contributed by atoms with Gasteiger partial charge in [-0.1, -0.05) is 61.7 Å². The maximum absolute atomic E-state index is 5.28. The van der Waals surface area contributed by atoms with Crippen LogP contribution in [0.3, 0.4) is 0 Å². The van der Waals surface area contributed by atoms with Crippen molar-refractivity contribution >= 4 is 0 Å². The molecule has 126 valence electrons. The molecule has 0 radical (unpaired) electrons. The monoisotopic (exact) mass is 321 g/mol. The Kier molecular flexibility index (Phi) is 4.32. The molecule has 1 saturated heterocycles. The molecule has 2 aromatic rings. The number of hydrogen-bond donors (Lipinski definition) is 0. The molecule has 2 aromatic carbocycles. The second-order valence-electron chi connectivity index (χ2n) is 7.49. The SMILES string of the molecule is COc1ccc(CN2CC3(CCCCC3)[C@@H]2c2ccccc2)cc1. The zero-order chi connectivity index (χ0) is 16.4. The molecule has 1 atom stereocenters. The normalized spacial score (nSPS) is 23.0. The van der Waals surface area contributed by atoms with Crippen LogP contribution in [0.5, 0.6) is 5.75 Å². The van der Waals surface area contributed by atoms with E-state index in [1.54, 1.807) is 7.11 Å². The van der Waals surface area contributed by atoms with Crippen LogP contribution in [-0.2, 0) is 6.54 Å². The molecule has 0 unspecified atom stereocenters. The predicted octanol–water partition coefficient (Wildman–Crippen LogP) is 5.20. The standard InChI is InChI=1S/C22H27NO/c1-24-20-12-10-18(11-13-20)16-23-17-22(14-6-3-7-15-22)21(23)19-8-4-2-5-9-19/h2,4-5,8-13,21H,3,6-7,14-17H2,1H3/t21-/m0/s1. The lowest BCUT2D eigenvalue weighted by Gasteiger charge is -2.60. The van der Waals surface area contributed by atoms with Crippen LogP contribution >= 0.6 is 0 Å². The molecule has 1 heterocycles. The van der Waals surface area contributed by atoms with Crippen molar-refractivity contribution in [2.45, 2.75) is 44.7 Å². The quantitative estimate of drug-likeness (QED) is 0.767. The smallest absolute Gasteiger partial charge is 0.118 e. The van der Waals surface area contributed by atoms with Gasteiger partial charge in [0.2, 0.25) is 0 Å². The summed E-state index contributed by atoms with van der Waals surface area (Å²) in [5.41, 5.74) is 3.40. The van der Waals surface area contributed by atoms with Crippen molar-refractivity contribution in [1.82, 2.24) is 4.90 Å². The minimum Gasteiger partial charge on any atom is -0.497 e. The van der Waals surface area contributed by atoms with E-state index in [2.05, 4.69) is 59.5 Å². The van der Waals surface area contributed by atoms with E-state index in [9.17, 15) is 0 Å². The van der Waals surface area contributed by atoms with Gasteiger partial charge in [-0.15, -0.1) is 0 Å². The van der Waals surface area contributed by atoms with Crippen LogP contribution < -0.4 is 4.74 Å². The third-order valence-corrected chi connectivity index (χ3v) is 5.97. The minimum atomic E-state index is 0.520. The molecule has 1 aliphatic carbocycles. The predicted molar refractivity (Wildman–Crippen MR) is 98.1 cm³/mol. The van der Waals surface area contributed by atoms with Crippen molar-refractivity contribution in [3.63, 3.8) is 0 Å². The number of rotatable bonds is 4. The van der Waals surface area contributed by atoms with Gasteiger partial charge < -0.3 is 4.74 Å². The molecule has 1 saturated carbocycles. The third kappa shape index (κ3) is 2.84. The molecule has 0 amide bonds. The minimum absolute atomic E-state index is 0.520. The van der Waals surface area contributed by atoms with Gasteiger partial charge >= 0.3 is 0 Å². The molecule has 4 rings (SSSR count). The Bertz CT molecular complexity index is 658. The third-order valence-electron chi connectivity index (χ3n) is 5.97. The highest BCUT2D eigenvalue weighted by molar-refractivity contribution is 5.30. The largest absolute Gasteiger partial charge is 0.497 e. The van der Waals surface area contributed by atoms with Crippen LogP contribution in [0.25, 0.3) is 0 Å². The van der Waals surface area contributed by atoms with Crippen molar-refractivity contribution < 1.29 is 4.74 Å². The van der Waals surface area contributed by atoms with Gasteiger partial charge in [-0.3, -0.25) is 4.90 Å². The zero-order valence-electron chi connectivity index (χ0n) is 14.6. The van der Waals surface area contributed by atoms with E-state index in [0.717, 1.165) is 12.3 Å². The highest BCUT2D eigenvalue weighted by Crippen LogP contribution is 2.57. The molecular formula is C22H27NO. The Morgan fingerprint density at radius 2 is 1.67 bits per heavy atom. The van der Waals surface area contributed by atoms with E-state index >= 15 is 0 Å². The summed E-state index contributed by atoms with van der Waals surface area (Å²) in [4.78, 5) is 2.67. The van der Waals surface area contributed by atoms with Crippen molar-refractivity contribution in [3.8, 4) is 5.75 Å². The van der Waals surface area contributed by atoms with E-state index in [0.29, 0.717) is 11.5 Å². The molecule has 0 bridgehead atoms. The second-order valence-corrected chi connectivity index (χ2v) is 7.49. The van der Waals surface area contributed by atoms with Crippen molar-refractivity contribution in [1.29, 1.82) is 0 Å². The van der Waals surface area contributed by atoms with Crippen LogP contribution in [-0.4, -0.2) is 18.6 Å². The van der Waals surface area contributed by atoms with Crippen LogP contribution in [0, 0.1) is 5.41 Å². The summed E-state index contributed by atoms with van der Waals surface area (Å²) in [5, 5.41) is 0. The Labute approximate surface area is 145 Å². The molecule has 1 spiro atoms. The second kappa shape index (κ2) is 6.60. The summed E-state index contributed by atoms with van der Waals surface area (Å²) >= 11 is 0. The number of likely N-dealkylation sites (tertiary alicyclic amines) is 1. The molecular weight excluding hydrogens is 294 g/mol. The number of nitrogens with zero attached hydrogens (tertiary/aromatic N) is 1. The maximum Gasteiger partial charge on any atom is 0.118 e. The number of ether oxygens (including phenoxy) is 1. The van der Waals surface area contributed by atoms with E-state index in [4.69, 9.17) is 4.74 Å². The number of hydrogen-bond acceptors (Lipinski definition) is 2. The summed E-state index contributed by atoms with van der Waals surface area (Å²) in [6, 6.07) is 20.3. The fourth-order valence-electron chi connectivity index (χ4n) is 4.86. The van der Waals surface area contributed by atoms with E-state index in [1.807, 2.05) is 0 Å². The Morgan fingerprint density at radius 1 is 0.958 bits per heavy atom. The van der Waals surface area contributed by atoms with Gasteiger partial charge in [0.1, 0.15) is 5.75 Å². The molecule has 1 aliphatic heterocycles. The Morgan fingerprint density at radius 3 is 2.33 bits per heavy atom. The molecule has 0 N–H and O–H groups in total. The van der Waals surface area contributed by atoms with E-state index in [-0.39, 0.29) is 0 Å². The number of methoxy groups -OCH3 is 1. The summed E-state index contributed by atoms with van der Waals surface area (Å²) in [6.07, 6.45) is 7.01. The van der Waals surface area contributed by atoms with Crippen LogP contribution in [0.15, 0.2) is 54.6 Å². The summed E-state index contributed by atoms with van der Waals surface area (Å²) in [6.45, 7) is 2.28. The topological polar surface area (TPSA) is 12.5 Å². The average molecular weight is 321 g/mol. The maximum atomic E-state index is 5.28. The summed E-state index contributed by atoms with van der Waals surface area (Å²) in [7, 11) is 1.72. The Balaban J connectivity index is 1.56. The first-order chi connectivity index (χ1) is 11.8. The van der Waals surface area contributed by atoms with Gasteiger partial charge in [-0.05, 0) is 36.1 Å². The number of benzene rings is 2. The van der Waals surface area contributed by atoms with E-state index < -0.39 is 0 Å². The van der Waals surface area contributed by atoms with Gasteiger partial charge in [-0.25, -0.2) is 0 Å². The highest BCUT2D eigenvalue weighted by atomic mass is 16.5. The molecule has 2 heteroatoms. The first kappa shape index (κ1) is 15.7. The zero-order valence-corrected chi connectivity index (χ0v) is 14.6. The van der Waals surface area contributed by atoms with Gasteiger partial charge in [0, 0.05) is 24.5 Å². The lowest BCUT2D eigenvalue weighted by Crippen LogP contribution is -2.58. The highest BCUT2D eigenvalue weighted by Gasteiger charge is 2.52. The van der Waals surface area contributed by atoms with Gasteiger partial charge in [0.15, 0.2) is 0 Å². The van der Waals surface area contributed by atoms with Crippen LogP contribution in [0.4, 0.5) is 0 Å². The molecule has 2 fully saturated rings. The van der Waals surface area contributed by atoms with Crippen LogP contribution in [0.2, 0.25) is 0 Å². The van der Waals surface area contributed by atoms with E-state index in [1.165, 1.54) is 49.8 Å². The fraction of sp³-hybridized carbons (Fsp3) is 0.455. The molecule has 2 aliphatic rings. The first-order valence-corrected chi connectivity index (χ1v) is 9.23. The summed E-state index contributed by atoms with van der Waals surface area (Å²) in [5.74, 6) is 0.936. The van der Waals surface area contributed by atoms with Gasteiger partial charge in [0.05, 0.1) is 7.11 Å². The Hall–Kier alpha value is -1.80. The first-order valence-electron chi connectivity index (χ1n) is 9.23. The van der Waals surface area contributed by atoms with Crippen molar-refractivity contribution in [2.75, 3.05) is 13.7 Å². The molecule has 2 nitrogen and oxygen atoms in total. The van der Waals surface area contributed by atoms with Gasteiger partial charge in [0.25, 0.3) is 0 Å². The van der Waals surface area contributed by atoms with Crippen molar-refractivity contribution in [3.05, 3.63) is 65.7 Å².